The predicted octanol–water partition coefficient (Wildman–Crippen LogP) is 1.47. The van der Waals surface area contributed by atoms with Crippen LogP contribution in [-0.2, 0) is 4.79 Å². The molecule has 0 bridgehead atoms. The van der Waals surface area contributed by atoms with Crippen molar-refractivity contribution in [3.05, 3.63) is 23.8 Å². The Balaban J connectivity index is 2.90. The minimum absolute atomic E-state index is 0.0624. The summed E-state index contributed by atoms with van der Waals surface area (Å²) in [7, 11) is 0. The number of amides is 1. The highest BCUT2D eigenvalue weighted by atomic mass is 19.2. The van der Waals surface area contributed by atoms with E-state index in [2.05, 4.69) is 5.32 Å². The van der Waals surface area contributed by atoms with Crippen LogP contribution < -0.4 is 16.8 Å². The molecule has 0 saturated carbocycles. The van der Waals surface area contributed by atoms with E-state index in [9.17, 15) is 13.6 Å². The molecule has 0 spiro atoms. The molecule has 1 amide bonds. The smallest absolute Gasteiger partial charge is 0.224 e. The third-order valence-electron chi connectivity index (χ3n) is 2.50. The first kappa shape index (κ1) is 13.2. The first-order valence-corrected chi connectivity index (χ1v) is 5.03. The lowest BCUT2D eigenvalue weighted by molar-refractivity contribution is -0.125. The summed E-state index contributed by atoms with van der Waals surface area (Å²) < 4.78 is 26.4. The molecule has 0 atom stereocenters. The lowest BCUT2D eigenvalue weighted by atomic mass is 9.92. The van der Waals surface area contributed by atoms with Crippen LogP contribution in [0.1, 0.15) is 13.8 Å². The topological polar surface area (TPSA) is 81.1 Å². The molecule has 5 N–H and O–H groups in total. The van der Waals surface area contributed by atoms with Gasteiger partial charge in [-0.1, -0.05) is 0 Å². The molecule has 94 valence electrons. The van der Waals surface area contributed by atoms with Crippen LogP contribution in [0.15, 0.2) is 12.1 Å². The van der Waals surface area contributed by atoms with Gasteiger partial charge in [0.1, 0.15) is 0 Å². The average Bonchev–Trinajstić information content (AvgIpc) is 2.23. The van der Waals surface area contributed by atoms with Crippen LogP contribution in [0, 0.1) is 17.0 Å². The van der Waals surface area contributed by atoms with Crippen molar-refractivity contribution in [2.75, 3.05) is 17.6 Å². The molecule has 0 aliphatic rings. The van der Waals surface area contributed by atoms with Gasteiger partial charge in [-0.2, -0.15) is 0 Å². The largest absolute Gasteiger partial charge is 0.397 e. The van der Waals surface area contributed by atoms with Crippen LogP contribution in [0.25, 0.3) is 0 Å². The molecule has 0 fully saturated rings. The quantitative estimate of drug-likeness (QED) is 0.700. The van der Waals surface area contributed by atoms with Crippen LogP contribution in [0.3, 0.4) is 0 Å². The molecule has 0 aliphatic heterocycles. The predicted molar refractivity (Wildman–Crippen MR) is 62.2 cm³/mol. The summed E-state index contributed by atoms with van der Waals surface area (Å²) in [4.78, 5) is 11.1. The second-order valence-electron chi connectivity index (χ2n) is 4.43. The molecule has 4 nitrogen and oxygen atoms in total. The van der Waals surface area contributed by atoms with Crippen LogP contribution in [0.4, 0.5) is 20.2 Å². The van der Waals surface area contributed by atoms with Gasteiger partial charge in [-0.15, -0.1) is 0 Å². The minimum atomic E-state index is -1.06. The van der Waals surface area contributed by atoms with Gasteiger partial charge >= 0.3 is 0 Å². The molecular formula is C11H15F2N3O. The molecule has 0 aliphatic carbocycles. The number of nitrogen functional groups attached to an aromatic ring is 1. The first-order valence-electron chi connectivity index (χ1n) is 5.03. The average molecular weight is 243 g/mol. The Morgan fingerprint density at radius 3 is 2.53 bits per heavy atom. The SMILES string of the molecule is CC(C)(CNc1c(N)ccc(F)c1F)C(N)=O. The number of carbonyl (C=O) groups excluding carboxylic acids is 1. The van der Waals surface area contributed by atoms with E-state index in [0.29, 0.717) is 0 Å². The van der Waals surface area contributed by atoms with Gasteiger partial charge in [0, 0.05) is 6.54 Å². The molecular weight excluding hydrogens is 228 g/mol. The zero-order valence-electron chi connectivity index (χ0n) is 9.68. The Kier molecular flexibility index (Phi) is 3.55. The Bertz CT molecular complexity index is 447. The molecule has 0 saturated heterocycles. The summed E-state index contributed by atoms with van der Waals surface area (Å²) in [6, 6.07) is 2.19. The third kappa shape index (κ3) is 2.83. The van der Waals surface area contributed by atoms with E-state index in [4.69, 9.17) is 11.5 Å². The van der Waals surface area contributed by atoms with E-state index in [-0.39, 0.29) is 17.9 Å². The number of nitrogens with two attached hydrogens (primary N) is 2. The van der Waals surface area contributed by atoms with Crippen molar-refractivity contribution >= 4 is 17.3 Å². The normalized spacial score (nSPS) is 11.3. The first-order chi connectivity index (χ1) is 7.75. The fraction of sp³-hybridized carbons (Fsp3) is 0.364. The van der Waals surface area contributed by atoms with Gasteiger partial charge in [0.2, 0.25) is 5.91 Å². The lowest BCUT2D eigenvalue weighted by Gasteiger charge is -2.22. The Labute approximate surface area is 98.0 Å². The van der Waals surface area contributed by atoms with Gasteiger partial charge < -0.3 is 16.8 Å². The maximum Gasteiger partial charge on any atom is 0.224 e. The van der Waals surface area contributed by atoms with Crippen molar-refractivity contribution < 1.29 is 13.6 Å². The fourth-order valence-corrected chi connectivity index (χ4v) is 1.14. The number of primary amides is 1. The Hall–Kier alpha value is -1.85. The van der Waals surface area contributed by atoms with Crippen molar-refractivity contribution in [2.24, 2.45) is 11.1 Å². The van der Waals surface area contributed by atoms with E-state index in [1.807, 2.05) is 0 Å². The number of halogens is 2. The maximum atomic E-state index is 13.4. The standard InChI is InChI=1S/C11H15F2N3O/c1-11(2,10(15)17)5-16-9-7(14)4-3-6(12)8(9)13/h3-4,16H,5,14H2,1-2H3,(H2,15,17). The van der Waals surface area contributed by atoms with Crippen molar-refractivity contribution in [3.8, 4) is 0 Å². The maximum absolute atomic E-state index is 13.4. The number of hydrogen-bond donors (Lipinski definition) is 3. The van der Waals surface area contributed by atoms with Gasteiger partial charge in [-0.05, 0) is 26.0 Å². The highest BCUT2D eigenvalue weighted by Gasteiger charge is 2.25. The number of nitrogens with one attached hydrogen (secondary N) is 1. The molecule has 0 heterocycles. The number of hydrogen-bond acceptors (Lipinski definition) is 3. The molecule has 6 heteroatoms. The minimum Gasteiger partial charge on any atom is -0.397 e. The van der Waals surface area contributed by atoms with Gasteiger partial charge in [-0.3, -0.25) is 4.79 Å². The molecule has 0 unspecified atom stereocenters. The number of benzene rings is 1. The molecule has 1 aromatic carbocycles. The van der Waals surface area contributed by atoms with Gasteiger partial charge in [0.25, 0.3) is 0 Å². The second kappa shape index (κ2) is 4.57. The molecule has 1 rings (SSSR count). The summed E-state index contributed by atoms with van der Waals surface area (Å²) in [5.41, 5.74) is 9.71. The molecule has 0 aromatic heterocycles. The summed E-state index contributed by atoms with van der Waals surface area (Å²) >= 11 is 0. The Morgan fingerprint density at radius 1 is 1.41 bits per heavy atom. The highest BCUT2D eigenvalue weighted by molar-refractivity contribution is 5.81. The molecule has 17 heavy (non-hydrogen) atoms. The van der Waals surface area contributed by atoms with Crippen molar-refractivity contribution in [2.45, 2.75) is 13.8 Å². The summed E-state index contributed by atoms with van der Waals surface area (Å²) in [6.07, 6.45) is 0. The van der Waals surface area contributed by atoms with Crippen LogP contribution in [-0.4, -0.2) is 12.5 Å². The summed E-state index contributed by atoms with van der Waals surface area (Å²) in [5.74, 6) is -2.61. The van der Waals surface area contributed by atoms with E-state index in [0.717, 1.165) is 6.07 Å². The summed E-state index contributed by atoms with van der Waals surface area (Å²) in [6.45, 7) is 3.25. The van der Waals surface area contributed by atoms with E-state index < -0.39 is 23.0 Å². The highest BCUT2D eigenvalue weighted by Crippen LogP contribution is 2.26. The fourth-order valence-electron chi connectivity index (χ4n) is 1.14. The zero-order chi connectivity index (χ0) is 13.2. The van der Waals surface area contributed by atoms with E-state index in [1.165, 1.54) is 6.07 Å². The number of anilines is 2. The number of rotatable bonds is 4. The van der Waals surface area contributed by atoms with E-state index >= 15 is 0 Å². The van der Waals surface area contributed by atoms with E-state index in [1.54, 1.807) is 13.8 Å². The van der Waals surface area contributed by atoms with Gasteiger partial charge in [0.05, 0.1) is 16.8 Å². The van der Waals surface area contributed by atoms with Crippen molar-refractivity contribution in [1.82, 2.24) is 0 Å². The van der Waals surface area contributed by atoms with Crippen LogP contribution in [0.2, 0.25) is 0 Å². The molecule has 0 radical (unpaired) electrons. The van der Waals surface area contributed by atoms with Crippen LogP contribution >= 0.6 is 0 Å². The van der Waals surface area contributed by atoms with Crippen molar-refractivity contribution in [3.63, 3.8) is 0 Å². The third-order valence-corrected chi connectivity index (χ3v) is 2.50. The van der Waals surface area contributed by atoms with Crippen LogP contribution in [0.5, 0.6) is 0 Å². The van der Waals surface area contributed by atoms with Gasteiger partial charge in [-0.25, -0.2) is 8.78 Å². The monoisotopic (exact) mass is 243 g/mol. The zero-order valence-corrected chi connectivity index (χ0v) is 9.68. The Morgan fingerprint density at radius 2 is 2.00 bits per heavy atom. The lowest BCUT2D eigenvalue weighted by Crippen LogP contribution is -2.37. The second-order valence-corrected chi connectivity index (χ2v) is 4.43. The summed E-state index contributed by atoms with van der Waals surface area (Å²) in [5, 5.41) is 2.60. The van der Waals surface area contributed by atoms with Gasteiger partial charge in [0.15, 0.2) is 11.6 Å². The van der Waals surface area contributed by atoms with Crippen molar-refractivity contribution in [1.29, 1.82) is 0 Å². The number of carbonyl (C=O) groups is 1. The molecule has 1 aromatic rings.